The van der Waals surface area contributed by atoms with Crippen LogP contribution in [0, 0.1) is 0 Å². The number of rotatable bonds is 6. The molecule has 0 saturated heterocycles. The molecule has 1 aliphatic heterocycles. The highest BCUT2D eigenvalue weighted by molar-refractivity contribution is 9.10. The molecule has 2 aliphatic rings. The number of halogens is 1. The Morgan fingerprint density at radius 3 is 2.64 bits per heavy atom. The molecule has 7 nitrogen and oxygen atoms in total. The van der Waals surface area contributed by atoms with E-state index in [9.17, 15) is 13.2 Å². The Labute approximate surface area is 171 Å². The molecule has 2 aromatic carbocycles. The van der Waals surface area contributed by atoms with Gasteiger partial charge < -0.3 is 14.8 Å². The maximum Gasteiger partial charge on any atom is 0.252 e. The minimum Gasteiger partial charge on any atom is -0.454 e. The zero-order chi connectivity index (χ0) is 19.9. The van der Waals surface area contributed by atoms with Crippen LogP contribution in [0.5, 0.6) is 11.5 Å². The molecule has 1 fully saturated rings. The van der Waals surface area contributed by atoms with Crippen molar-refractivity contribution in [3.8, 4) is 11.5 Å². The van der Waals surface area contributed by atoms with Crippen molar-refractivity contribution in [1.29, 1.82) is 0 Å². The minimum absolute atomic E-state index is 0.00282. The van der Waals surface area contributed by atoms with Crippen molar-refractivity contribution in [3.63, 3.8) is 0 Å². The van der Waals surface area contributed by atoms with Crippen molar-refractivity contribution in [2.45, 2.75) is 36.7 Å². The summed E-state index contributed by atoms with van der Waals surface area (Å²) in [6.07, 6.45) is 1.69. The van der Waals surface area contributed by atoms with Crippen LogP contribution in [0.4, 0.5) is 0 Å². The van der Waals surface area contributed by atoms with Crippen LogP contribution < -0.4 is 19.5 Å². The van der Waals surface area contributed by atoms with Gasteiger partial charge in [-0.05, 0) is 71.6 Å². The van der Waals surface area contributed by atoms with E-state index >= 15 is 0 Å². The van der Waals surface area contributed by atoms with E-state index in [0.717, 1.165) is 18.4 Å². The van der Waals surface area contributed by atoms with Gasteiger partial charge in [0.25, 0.3) is 5.91 Å². The maximum absolute atomic E-state index is 12.8. The summed E-state index contributed by atoms with van der Waals surface area (Å²) in [5.41, 5.74) is 1.11. The smallest absolute Gasteiger partial charge is 0.252 e. The zero-order valence-corrected chi connectivity index (χ0v) is 17.5. The molecule has 0 aromatic heterocycles. The van der Waals surface area contributed by atoms with Crippen LogP contribution >= 0.6 is 15.9 Å². The van der Waals surface area contributed by atoms with Crippen molar-refractivity contribution in [2.24, 2.45) is 0 Å². The van der Waals surface area contributed by atoms with Crippen molar-refractivity contribution < 1.29 is 22.7 Å². The van der Waals surface area contributed by atoms with Crippen LogP contribution in [-0.2, 0) is 10.0 Å². The highest BCUT2D eigenvalue weighted by atomic mass is 79.9. The van der Waals surface area contributed by atoms with E-state index in [0.29, 0.717) is 16.0 Å². The van der Waals surface area contributed by atoms with E-state index < -0.39 is 10.0 Å². The first kappa shape index (κ1) is 19.2. The fourth-order valence-electron chi connectivity index (χ4n) is 2.87. The Hall–Kier alpha value is -2.10. The topological polar surface area (TPSA) is 93.7 Å². The van der Waals surface area contributed by atoms with Crippen LogP contribution in [-0.4, -0.2) is 27.2 Å². The number of carbonyl (C=O) groups excluding carboxylic acids is 1. The predicted octanol–water partition coefficient (Wildman–Crippen LogP) is 3.11. The molecule has 1 amide bonds. The van der Waals surface area contributed by atoms with Gasteiger partial charge in [0.1, 0.15) is 0 Å². The lowest BCUT2D eigenvalue weighted by atomic mass is 10.1. The molecular weight excluding hydrogens is 448 g/mol. The Bertz CT molecular complexity index is 1040. The van der Waals surface area contributed by atoms with Gasteiger partial charge in [-0.25, -0.2) is 13.1 Å². The number of ether oxygens (including phenoxy) is 2. The number of benzene rings is 2. The molecule has 2 N–H and O–H groups in total. The van der Waals surface area contributed by atoms with Gasteiger partial charge in [-0.1, -0.05) is 6.07 Å². The van der Waals surface area contributed by atoms with Crippen molar-refractivity contribution >= 4 is 31.9 Å². The molecule has 1 atom stereocenters. The lowest BCUT2D eigenvalue weighted by Gasteiger charge is -2.16. The average Bonchev–Trinajstić information content (AvgIpc) is 3.32. The molecule has 1 saturated carbocycles. The number of fused-ring (bicyclic) bond motifs is 1. The van der Waals surface area contributed by atoms with Gasteiger partial charge in [0.2, 0.25) is 16.8 Å². The summed E-state index contributed by atoms with van der Waals surface area (Å²) in [5.74, 6) is 0.936. The molecular formula is C19H19BrN2O5S. The van der Waals surface area contributed by atoms with Gasteiger partial charge in [0.05, 0.1) is 16.5 Å². The standard InChI is InChI=1S/C19H19BrN2O5S/c1-11(12-2-7-17-18(8-12)27-10-26-17)21-19(23)15-9-14(5-6-16(15)20)28(24,25)22-13-3-4-13/h2,5-9,11,13,22H,3-4,10H2,1H3,(H,21,23). The Morgan fingerprint density at radius 2 is 1.89 bits per heavy atom. The molecule has 0 bridgehead atoms. The second-order valence-corrected chi connectivity index (χ2v) is 9.41. The molecule has 1 unspecified atom stereocenters. The van der Waals surface area contributed by atoms with Gasteiger partial charge in [0.15, 0.2) is 11.5 Å². The van der Waals surface area contributed by atoms with E-state index in [4.69, 9.17) is 9.47 Å². The van der Waals surface area contributed by atoms with Gasteiger partial charge in [-0.3, -0.25) is 4.79 Å². The summed E-state index contributed by atoms with van der Waals surface area (Å²) >= 11 is 3.34. The average molecular weight is 467 g/mol. The third-order valence-corrected chi connectivity index (χ3v) is 6.85. The molecule has 2 aromatic rings. The van der Waals surface area contributed by atoms with Crippen molar-refractivity contribution in [2.75, 3.05) is 6.79 Å². The van der Waals surface area contributed by atoms with Crippen LogP contribution in [0.1, 0.15) is 41.7 Å². The Kier molecular flexibility index (Phi) is 5.07. The fourth-order valence-corrected chi connectivity index (χ4v) is 4.63. The van der Waals surface area contributed by atoms with Crippen LogP contribution in [0.25, 0.3) is 0 Å². The number of hydrogen-bond donors (Lipinski definition) is 2. The molecule has 0 spiro atoms. The highest BCUT2D eigenvalue weighted by Crippen LogP contribution is 2.34. The largest absolute Gasteiger partial charge is 0.454 e. The lowest BCUT2D eigenvalue weighted by Crippen LogP contribution is -2.28. The number of sulfonamides is 1. The van der Waals surface area contributed by atoms with Gasteiger partial charge in [-0.2, -0.15) is 0 Å². The molecule has 148 valence electrons. The monoisotopic (exact) mass is 466 g/mol. The number of amides is 1. The van der Waals surface area contributed by atoms with E-state index in [1.165, 1.54) is 12.1 Å². The fraction of sp³-hybridized carbons (Fsp3) is 0.316. The van der Waals surface area contributed by atoms with E-state index in [1.807, 2.05) is 19.1 Å². The SMILES string of the molecule is CC(NC(=O)c1cc(S(=O)(=O)NC2CC2)ccc1Br)c1ccc2c(c1)OCO2. The molecule has 9 heteroatoms. The third kappa shape index (κ3) is 4.01. The number of hydrogen-bond acceptors (Lipinski definition) is 5. The molecule has 28 heavy (non-hydrogen) atoms. The van der Waals surface area contributed by atoms with Gasteiger partial charge in [0, 0.05) is 10.5 Å². The first-order valence-electron chi connectivity index (χ1n) is 8.86. The highest BCUT2D eigenvalue weighted by Gasteiger charge is 2.29. The van der Waals surface area contributed by atoms with Crippen molar-refractivity contribution in [1.82, 2.24) is 10.0 Å². The normalized spacial score (nSPS) is 16.6. The summed E-state index contributed by atoms with van der Waals surface area (Å²) in [6, 6.07) is 9.60. The van der Waals surface area contributed by atoms with E-state index in [-0.39, 0.29) is 35.2 Å². The lowest BCUT2D eigenvalue weighted by molar-refractivity contribution is 0.0938. The first-order chi connectivity index (χ1) is 13.3. The number of carbonyl (C=O) groups is 1. The summed E-state index contributed by atoms with van der Waals surface area (Å²) in [5, 5.41) is 2.90. The van der Waals surface area contributed by atoms with Gasteiger partial charge >= 0.3 is 0 Å². The Balaban J connectivity index is 1.53. The summed E-state index contributed by atoms with van der Waals surface area (Å²) < 4.78 is 38.7. The van der Waals surface area contributed by atoms with Crippen LogP contribution in [0.2, 0.25) is 0 Å². The molecule has 4 rings (SSSR count). The quantitative estimate of drug-likeness (QED) is 0.681. The summed E-state index contributed by atoms with van der Waals surface area (Å²) in [7, 11) is -3.64. The number of nitrogens with one attached hydrogen (secondary N) is 2. The van der Waals surface area contributed by atoms with Crippen molar-refractivity contribution in [3.05, 3.63) is 52.0 Å². The molecule has 1 aliphatic carbocycles. The van der Waals surface area contributed by atoms with E-state index in [2.05, 4.69) is 26.0 Å². The third-order valence-electron chi connectivity index (χ3n) is 4.64. The Morgan fingerprint density at radius 1 is 1.14 bits per heavy atom. The molecule has 1 heterocycles. The van der Waals surface area contributed by atoms with Crippen LogP contribution in [0.3, 0.4) is 0 Å². The summed E-state index contributed by atoms with van der Waals surface area (Å²) in [4.78, 5) is 12.9. The molecule has 0 radical (unpaired) electrons. The predicted molar refractivity (Wildman–Crippen MR) is 106 cm³/mol. The van der Waals surface area contributed by atoms with Crippen LogP contribution in [0.15, 0.2) is 45.8 Å². The van der Waals surface area contributed by atoms with Gasteiger partial charge in [-0.15, -0.1) is 0 Å². The minimum atomic E-state index is -3.64. The zero-order valence-electron chi connectivity index (χ0n) is 15.1. The second kappa shape index (κ2) is 7.38. The van der Waals surface area contributed by atoms with E-state index in [1.54, 1.807) is 12.1 Å². The second-order valence-electron chi connectivity index (χ2n) is 6.85. The first-order valence-corrected chi connectivity index (χ1v) is 11.1. The summed E-state index contributed by atoms with van der Waals surface area (Å²) in [6.45, 7) is 2.03. The maximum atomic E-state index is 12.8.